The van der Waals surface area contributed by atoms with Gasteiger partial charge in [-0.15, -0.1) is 13.2 Å². The van der Waals surface area contributed by atoms with E-state index in [2.05, 4.69) is 4.74 Å². The third-order valence-corrected chi connectivity index (χ3v) is 6.00. The van der Waals surface area contributed by atoms with Crippen molar-refractivity contribution < 1.29 is 37.0 Å². The molecule has 0 aliphatic carbocycles. The molecular formula is C25H27F3N2O5. The second kappa shape index (κ2) is 9.77. The first kappa shape index (κ1) is 24.8. The maximum absolute atomic E-state index is 13.6. The van der Waals surface area contributed by atoms with Gasteiger partial charge in [0.25, 0.3) is 0 Å². The number of halogens is 3. The summed E-state index contributed by atoms with van der Waals surface area (Å²) in [4.78, 5) is 29.8. The molecule has 2 atom stereocenters. The normalized spacial score (nSPS) is 20.9. The number of cyclic esters (lactones) is 1. The van der Waals surface area contributed by atoms with Gasteiger partial charge >= 0.3 is 12.3 Å². The predicted molar refractivity (Wildman–Crippen MR) is 121 cm³/mol. The van der Waals surface area contributed by atoms with Crippen LogP contribution in [0.3, 0.4) is 0 Å². The first-order valence-corrected chi connectivity index (χ1v) is 11.3. The second-order valence-electron chi connectivity index (χ2n) is 9.01. The molecule has 4 rings (SSSR count). The number of benzene rings is 2. The minimum atomic E-state index is -4.74. The third kappa shape index (κ3) is 6.25. The van der Waals surface area contributed by atoms with Gasteiger partial charge in [0.1, 0.15) is 5.75 Å². The largest absolute Gasteiger partial charge is 0.573 e. The second-order valence-corrected chi connectivity index (χ2v) is 9.01. The molecule has 2 heterocycles. The van der Waals surface area contributed by atoms with E-state index in [1.165, 1.54) is 12.1 Å². The summed E-state index contributed by atoms with van der Waals surface area (Å²) in [7, 11) is 0. The van der Waals surface area contributed by atoms with Crippen molar-refractivity contribution in [2.75, 3.05) is 31.1 Å². The van der Waals surface area contributed by atoms with Crippen molar-refractivity contribution in [2.45, 2.75) is 38.5 Å². The molecule has 7 nitrogen and oxygen atoms in total. The zero-order valence-electron chi connectivity index (χ0n) is 19.5. The molecule has 0 aromatic heterocycles. The molecule has 188 valence electrons. The van der Waals surface area contributed by atoms with E-state index in [9.17, 15) is 22.8 Å². The highest BCUT2D eigenvalue weighted by molar-refractivity contribution is 5.88. The number of carbonyl (C=O) groups excluding carboxylic acids is 2. The van der Waals surface area contributed by atoms with Crippen LogP contribution in [0.4, 0.5) is 18.9 Å². The molecule has 2 aromatic carbocycles. The first-order chi connectivity index (χ1) is 16.5. The highest BCUT2D eigenvalue weighted by atomic mass is 19.4. The number of esters is 1. The van der Waals surface area contributed by atoms with Crippen LogP contribution in [-0.4, -0.2) is 61.2 Å². The number of hydrogen-bond acceptors (Lipinski definition) is 6. The molecule has 0 bridgehead atoms. The summed E-state index contributed by atoms with van der Waals surface area (Å²) in [6, 6.07) is 15.1. The average Bonchev–Trinajstić information content (AvgIpc) is 3.09. The van der Waals surface area contributed by atoms with Crippen molar-refractivity contribution in [3.63, 3.8) is 0 Å². The maximum atomic E-state index is 13.6. The Morgan fingerprint density at radius 2 is 1.69 bits per heavy atom. The fourth-order valence-corrected chi connectivity index (χ4v) is 4.39. The number of piperazine rings is 1. The molecule has 0 saturated carbocycles. The minimum Gasteiger partial charge on any atom is -0.432 e. The number of carbonyl (C=O) groups is 2. The molecule has 1 unspecified atom stereocenters. The molecule has 0 N–H and O–H groups in total. The van der Waals surface area contributed by atoms with E-state index in [0.29, 0.717) is 32.6 Å². The van der Waals surface area contributed by atoms with Crippen LogP contribution in [0.15, 0.2) is 54.6 Å². The van der Waals surface area contributed by atoms with Crippen LogP contribution >= 0.6 is 0 Å². The lowest BCUT2D eigenvalue weighted by Gasteiger charge is -2.38. The van der Waals surface area contributed by atoms with Gasteiger partial charge in [-0.2, -0.15) is 0 Å². The van der Waals surface area contributed by atoms with E-state index in [0.717, 1.165) is 11.3 Å². The average molecular weight is 492 g/mol. The molecule has 0 spiro atoms. The van der Waals surface area contributed by atoms with Gasteiger partial charge in [-0.3, -0.25) is 4.79 Å². The summed E-state index contributed by atoms with van der Waals surface area (Å²) < 4.78 is 52.2. The Balaban J connectivity index is 1.43. The van der Waals surface area contributed by atoms with Crippen molar-refractivity contribution in [2.24, 2.45) is 5.92 Å². The van der Waals surface area contributed by atoms with Gasteiger partial charge in [0.2, 0.25) is 11.7 Å². The van der Waals surface area contributed by atoms with Crippen LogP contribution in [0, 0.1) is 5.92 Å². The molecule has 0 radical (unpaired) electrons. The Morgan fingerprint density at radius 3 is 2.23 bits per heavy atom. The Labute approximate surface area is 201 Å². The predicted octanol–water partition coefficient (Wildman–Crippen LogP) is 3.77. The zero-order chi connectivity index (χ0) is 25.2. The van der Waals surface area contributed by atoms with Gasteiger partial charge < -0.3 is 24.0 Å². The molecule has 2 fully saturated rings. The van der Waals surface area contributed by atoms with Crippen LogP contribution in [-0.2, 0) is 25.5 Å². The first-order valence-electron chi connectivity index (χ1n) is 11.3. The Hall–Kier alpha value is -3.27. The number of ether oxygens (including phenoxy) is 3. The van der Waals surface area contributed by atoms with E-state index in [1.54, 1.807) is 30.9 Å². The van der Waals surface area contributed by atoms with E-state index >= 15 is 0 Å². The molecule has 1 amide bonds. The number of anilines is 1. The fraction of sp³-hybridized carbons (Fsp3) is 0.440. The summed E-state index contributed by atoms with van der Waals surface area (Å²) in [6.45, 7) is 5.05. The molecule has 35 heavy (non-hydrogen) atoms. The van der Waals surface area contributed by atoms with Crippen LogP contribution < -0.4 is 9.64 Å². The summed E-state index contributed by atoms with van der Waals surface area (Å²) in [6.07, 6.45) is -5.41. The standard InChI is InChI=1S/C25H27F3N2O5/c1-24(2)34-21(23(32)35-24)20(16-17-6-4-3-5-7-17)22(31)30-14-12-29(13-15-30)18-8-10-19(11-9-18)33-25(26,27)28/h3-11,20-21H,12-16H2,1-2H3/t20-,21?/m0/s1. The van der Waals surface area contributed by atoms with Crippen molar-refractivity contribution in [1.29, 1.82) is 0 Å². The Kier molecular flexibility index (Phi) is 6.93. The van der Waals surface area contributed by atoms with E-state index < -0.39 is 30.1 Å². The highest BCUT2D eigenvalue weighted by Crippen LogP contribution is 2.32. The van der Waals surface area contributed by atoms with Crippen molar-refractivity contribution in [1.82, 2.24) is 4.90 Å². The van der Waals surface area contributed by atoms with Crippen molar-refractivity contribution in [3.8, 4) is 5.75 Å². The Bertz CT molecular complexity index is 1040. The third-order valence-electron chi connectivity index (χ3n) is 6.00. The molecule has 2 aliphatic rings. The number of nitrogens with zero attached hydrogens (tertiary/aromatic N) is 2. The molecule has 2 saturated heterocycles. The van der Waals surface area contributed by atoms with Gasteiger partial charge in [0, 0.05) is 45.7 Å². The number of amides is 1. The number of alkyl halides is 3. The quantitative estimate of drug-likeness (QED) is 0.572. The number of rotatable bonds is 6. The maximum Gasteiger partial charge on any atom is 0.573 e. The van der Waals surface area contributed by atoms with Crippen LogP contribution in [0.1, 0.15) is 19.4 Å². The van der Waals surface area contributed by atoms with Crippen LogP contribution in [0.25, 0.3) is 0 Å². The summed E-state index contributed by atoms with van der Waals surface area (Å²) >= 11 is 0. The lowest BCUT2D eigenvalue weighted by atomic mass is 9.92. The zero-order valence-corrected chi connectivity index (χ0v) is 19.5. The van der Waals surface area contributed by atoms with E-state index in [4.69, 9.17) is 9.47 Å². The minimum absolute atomic E-state index is 0.193. The van der Waals surface area contributed by atoms with Gasteiger partial charge in [0.05, 0.1) is 5.92 Å². The van der Waals surface area contributed by atoms with Gasteiger partial charge in [-0.25, -0.2) is 4.79 Å². The van der Waals surface area contributed by atoms with Crippen LogP contribution in [0.2, 0.25) is 0 Å². The lowest BCUT2D eigenvalue weighted by molar-refractivity contribution is -0.274. The number of hydrogen-bond donors (Lipinski definition) is 0. The molecule has 2 aliphatic heterocycles. The summed E-state index contributed by atoms with van der Waals surface area (Å²) in [5.74, 6) is -2.87. The molecule has 10 heteroatoms. The van der Waals surface area contributed by atoms with Gasteiger partial charge in [0.15, 0.2) is 6.10 Å². The van der Waals surface area contributed by atoms with Crippen molar-refractivity contribution >= 4 is 17.6 Å². The van der Waals surface area contributed by atoms with Gasteiger partial charge in [-0.05, 0) is 36.2 Å². The van der Waals surface area contributed by atoms with E-state index in [1.807, 2.05) is 35.2 Å². The highest BCUT2D eigenvalue weighted by Gasteiger charge is 2.48. The van der Waals surface area contributed by atoms with Gasteiger partial charge in [-0.1, -0.05) is 30.3 Å². The fourth-order valence-electron chi connectivity index (χ4n) is 4.39. The van der Waals surface area contributed by atoms with Crippen molar-refractivity contribution in [3.05, 3.63) is 60.2 Å². The molecule has 2 aromatic rings. The lowest BCUT2D eigenvalue weighted by Crippen LogP contribution is -2.53. The Morgan fingerprint density at radius 1 is 1.06 bits per heavy atom. The smallest absolute Gasteiger partial charge is 0.432 e. The van der Waals surface area contributed by atoms with Crippen LogP contribution in [0.5, 0.6) is 5.75 Å². The topological polar surface area (TPSA) is 68.3 Å². The monoisotopic (exact) mass is 492 g/mol. The summed E-state index contributed by atoms with van der Waals surface area (Å²) in [5, 5.41) is 0. The SMILES string of the molecule is CC1(C)OC(=O)C([C@H](Cc2ccccc2)C(=O)N2CCN(c3ccc(OC(F)(F)F)cc3)CC2)O1. The summed E-state index contributed by atoms with van der Waals surface area (Å²) in [5.41, 5.74) is 1.64. The van der Waals surface area contributed by atoms with E-state index in [-0.39, 0.29) is 11.7 Å². The molecular weight excluding hydrogens is 465 g/mol.